The molecular weight excluding hydrogens is 318 g/mol. The molecular formula is C19H27N3O3. The summed E-state index contributed by atoms with van der Waals surface area (Å²) >= 11 is 0. The van der Waals surface area contributed by atoms with Crippen LogP contribution in [0.5, 0.6) is 0 Å². The minimum absolute atomic E-state index is 0.0368. The van der Waals surface area contributed by atoms with Gasteiger partial charge in [-0.15, -0.1) is 0 Å². The van der Waals surface area contributed by atoms with Gasteiger partial charge in [-0.1, -0.05) is 30.3 Å². The first-order valence-electron chi connectivity index (χ1n) is 9.12. The Bertz CT molecular complexity index is 607. The molecule has 1 aromatic rings. The largest absolute Gasteiger partial charge is 0.379 e. The van der Waals surface area contributed by atoms with Crippen LogP contribution in [0.2, 0.25) is 0 Å². The summed E-state index contributed by atoms with van der Waals surface area (Å²) in [5.41, 5.74) is -0.187. The highest BCUT2D eigenvalue weighted by Gasteiger charge is 2.43. The zero-order valence-corrected chi connectivity index (χ0v) is 14.6. The van der Waals surface area contributed by atoms with Crippen LogP contribution in [0, 0.1) is 0 Å². The molecule has 0 spiro atoms. The van der Waals surface area contributed by atoms with Gasteiger partial charge in [-0.05, 0) is 31.2 Å². The van der Waals surface area contributed by atoms with Crippen LogP contribution in [0.25, 0.3) is 0 Å². The standard InChI is InChI=1S/C19H27N3O3/c23-17-14-21(11-5-10-20-17)15-19(25)9-4-12-22(18(19)24)13-8-16-6-2-1-3-7-16/h1-3,6-7,25H,4-5,8-15H2,(H,20,23). The Morgan fingerprint density at radius 1 is 1.12 bits per heavy atom. The quantitative estimate of drug-likeness (QED) is 0.811. The van der Waals surface area contributed by atoms with Crippen molar-refractivity contribution >= 4 is 11.8 Å². The molecule has 25 heavy (non-hydrogen) atoms. The van der Waals surface area contributed by atoms with E-state index in [9.17, 15) is 14.7 Å². The van der Waals surface area contributed by atoms with E-state index in [1.807, 2.05) is 23.1 Å². The average Bonchev–Trinajstić information content (AvgIpc) is 2.81. The molecule has 6 nitrogen and oxygen atoms in total. The van der Waals surface area contributed by atoms with Gasteiger partial charge in [0.15, 0.2) is 5.60 Å². The highest BCUT2D eigenvalue weighted by Crippen LogP contribution is 2.24. The van der Waals surface area contributed by atoms with E-state index in [4.69, 9.17) is 0 Å². The lowest BCUT2D eigenvalue weighted by Crippen LogP contribution is -2.59. The zero-order chi connectivity index (χ0) is 17.7. The highest BCUT2D eigenvalue weighted by molar-refractivity contribution is 5.86. The summed E-state index contributed by atoms with van der Waals surface area (Å²) in [4.78, 5) is 28.2. The van der Waals surface area contributed by atoms with E-state index in [1.165, 1.54) is 5.56 Å². The maximum Gasteiger partial charge on any atom is 0.255 e. The van der Waals surface area contributed by atoms with Crippen molar-refractivity contribution in [3.63, 3.8) is 0 Å². The molecule has 0 saturated carbocycles. The Balaban J connectivity index is 1.60. The van der Waals surface area contributed by atoms with Gasteiger partial charge in [0.1, 0.15) is 0 Å². The second-order valence-corrected chi connectivity index (χ2v) is 7.08. The fraction of sp³-hybridized carbons (Fsp3) is 0.579. The Morgan fingerprint density at radius 3 is 2.72 bits per heavy atom. The normalized spacial score (nSPS) is 25.6. The number of aliphatic hydroxyl groups is 1. The van der Waals surface area contributed by atoms with Crippen molar-refractivity contribution in [1.29, 1.82) is 0 Å². The Morgan fingerprint density at radius 2 is 1.92 bits per heavy atom. The van der Waals surface area contributed by atoms with E-state index in [-0.39, 0.29) is 24.9 Å². The summed E-state index contributed by atoms with van der Waals surface area (Å²) in [6.45, 7) is 3.17. The van der Waals surface area contributed by atoms with Gasteiger partial charge in [0.2, 0.25) is 5.91 Å². The number of rotatable bonds is 5. The van der Waals surface area contributed by atoms with E-state index in [0.717, 1.165) is 25.8 Å². The van der Waals surface area contributed by atoms with Gasteiger partial charge in [-0.25, -0.2) is 0 Å². The third kappa shape index (κ3) is 4.58. The summed E-state index contributed by atoms with van der Waals surface area (Å²) in [6, 6.07) is 10.1. The van der Waals surface area contributed by atoms with Crippen molar-refractivity contribution in [2.75, 3.05) is 39.3 Å². The first kappa shape index (κ1) is 17.9. The molecule has 0 bridgehead atoms. The minimum Gasteiger partial charge on any atom is -0.379 e. The molecule has 1 atom stereocenters. The fourth-order valence-corrected chi connectivity index (χ4v) is 3.71. The molecule has 1 unspecified atom stereocenters. The molecule has 0 radical (unpaired) electrons. The van der Waals surface area contributed by atoms with Gasteiger partial charge >= 0.3 is 0 Å². The molecule has 3 rings (SSSR count). The number of carbonyl (C=O) groups is 2. The van der Waals surface area contributed by atoms with Crippen molar-refractivity contribution in [2.24, 2.45) is 0 Å². The molecule has 136 valence electrons. The number of benzene rings is 1. The lowest BCUT2D eigenvalue weighted by molar-refractivity contribution is -0.159. The van der Waals surface area contributed by atoms with Gasteiger partial charge in [0.05, 0.1) is 6.54 Å². The molecule has 0 aromatic heterocycles. The summed E-state index contributed by atoms with van der Waals surface area (Å²) in [5, 5.41) is 13.8. The van der Waals surface area contributed by atoms with Crippen LogP contribution in [-0.2, 0) is 16.0 Å². The topological polar surface area (TPSA) is 72.9 Å². The number of amides is 2. The maximum atomic E-state index is 12.9. The van der Waals surface area contributed by atoms with Gasteiger partial charge < -0.3 is 15.3 Å². The van der Waals surface area contributed by atoms with Crippen LogP contribution in [0.1, 0.15) is 24.8 Å². The van der Waals surface area contributed by atoms with Crippen LogP contribution in [0.15, 0.2) is 30.3 Å². The molecule has 2 aliphatic rings. The van der Waals surface area contributed by atoms with Gasteiger partial charge in [-0.3, -0.25) is 14.5 Å². The van der Waals surface area contributed by atoms with Crippen LogP contribution in [0.4, 0.5) is 0 Å². The number of β-amino-alcohol motifs (C(OH)–C–C–N with tert-alkyl or cyclic N) is 1. The van der Waals surface area contributed by atoms with Gasteiger partial charge in [0, 0.05) is 32.7 Å². The number of piperidine rings is 1. The summed E-state index contributed by atoms with van der Waals surface area (Å²) in [6.07, 6.45) is 2.88. The highest BCUT2D eigenvalue weighted by atomic mass is 16.3. The zero-order valence-electron chi connectivity index (χ0n) is 14.6. The number of hydrogen-bond acceptors (Lipinski definition) is 4. The Hall–Kier alpha value is -1.92. The minimum atomic E-state index is -1.38. The van der Waals surface area contributed by atoms with E-state index >= 15 is 0 Å². The second-order valence-electron chi connectivity index (χ2n) is 7.08. The molecule has 2 N–H and O–H groups in total. The van der Waals surface area contributed by atoms with Crippen LogP contribution in [-0.4, -0.2) is 71.6 Å². The van der Waals surface area contributed by atoms with Gasteiger partial charge in [-0.2, -0.15) is 0 Å². The first-order valence-corrected chi connectivity index (χ1v) is 9.12. The molecule has 2 fully saturated rings. The van der Waals surface area contributed by atoms with Crippen molar-refractivity contribution in [1.82, 2.24) is 15.1 Å². The fourth-order valence-electron chi connectivity index (χ4n) is 3.71. The summed E-state index contributed by atoms with van der Waals surface area (Å²) in [5.74, 6) is -0.232. The van der Waals surface area contributed by atoms with Crippen LogP contribution in [0.3, 0.4) is 0 Å². The van der Waals surface area contributed by atoms with Crippen molar-refractivity contribution in [3.05, 3.63) is 35.9 Å². The van der Waals surface area contributed by atoms with Crippen molar-refractivity contribution in [2.45, 2.75) is 31.3 Å². The molecule has 2 amide bonds. The summed E-state index contributed by atoms with van der Waals surface area (Å²) < 4.78 is 0. The lowest BCUT2D eigenvalue weighted by atomic mass is 9.90. The van der Waals surface area contributed by atoms with E-state index in [2.05, 4.69) is 17.4 Å². The average molecular weight is 345 g/mol. The van der Waals surface area contributed by atoms with E-state index in [0.29, 0.717) is 26.1 Å². The number of likely N-dealkylation sites (tertiary alicyclic amines) is 1. The van der Waals surface area contributed by atoms with E-state index < -0.39 is 5.60 Å². The SMILES string of the molecule is O=C1CN(CC2(O)CCCN(CCc3ccccc3)C2=O)CCCN1. The third-order valence-corrected chi connectivity index (χ3v) is 5.04. The lowest BCUT2D eigenvalue weighted by Gasteiger charge is -2.40. The predicted molar refractivity (Wildman–Crippen MR) is 95.0 cm³/mol. The third-order valence-electron chi connectivity index (χ3n) is 5.04. The molecule has 2 saturated heterocycles. The maximum absolute atomic E-state index is 12.9. The Kier molecular flexibility index (Phi) is 5.71. The molecule has 0 aliphatic carbocycles. The predicted octanol–water partition coefficient (Wildman–Crippen LogP) is 0.405. The molecule has 2 aliphatic heterocycles. The molecule has 1 aromatic carbocycles. The monoisotopic (exact) mass is 345 g/mol. The Labute approximate surface area is 148 Å². The first-order chi connectivity index (χ1) is 12.1. The number of nitrogens with one attached hydrogen (secondary N) is 1. The number of hydrogen-bond donors (Lipinski definition) is 2. The molecule has 6 heteroatoms. The number of nitrogens with zero attached hydrogens (tertiary/aromatic N) is 2. The van der Waals surface area contributed by atoms with Crippen LogP contribution >= 0.6 is 0 Å². The van der Waals surface area contributed by atoms with Crippen LogP contribution < -0.4 is 5.32 Å². The van der Waals surface area contributed by atoms with E-state index in [1.54, 1.807) is 4.90 Å². The summed E-state index contributed by atoms with van der Waals surface area (Å²) in [7, 11) is 0. The van der Waals surface area contributed by atoms with Gasteiger partial charge in [0.25, 0.3) is 5.91 Å². The van der Waals surface area contributed by atoms with Crippen molar-refractivity contribution in [3.8, 4) is 0 Å². The second kappa shape index (κ2) is 7.97. The number of carbonyl (C=O) groups excluding carboxylic acids is 2. The van der Waals surface area contributed by atoms with Crippen molar-refractivity contribution < 1.29 is 14.7 Å². The smallest absolute Gasteiger partial charge is 0.255 e. The molecule has 2 heterocycles.